The Morgan fingerprint density at radius 3 is 2.52 bits per heavy atom. The van der Waals surface area contributed by atoms with Gasteiger partial charge in [-0.1, -0.05) is 42.5 Å². The summed E-state index contributed by atoms with van der Waals surface area (Å²) in [5.41, 5.74) is 0.409. The molecule has 0 fully saturated rings. The predicted molar refractivity (Wildman–Crippen MR) is 86.6 cm³/mol. The van der Waals surface area contributed by atoms with Crippen LogP contribution in [0.25, 0.3) is 0 Å². The molecule has 0 aromatic heterocycles. The second kappa shape index (κ2) is 7.31. The first-order chi connectivity index (χ1) is 10.8. The van der Waals surface area contributed by atoms with Gasteiger partial charge in [-0.25, -0.2) is 4.79 Å². The Labute approximate surface area is 136 Å². The number of hydrogen-bond donors (Lipinski definition) is 1. The minimum absolute atomic E-state index is 0.209. The van der Waals surface area contributed by atoms with E-state index in [1.54, 1.807) is 32.9 Å². The zero-order valence-electron chi connectivity index (χ0n) is 13.7. The quantitative estimate of drug-likeness (QED) is 0.684. The molecule has 1 aliphatic rings. The molecule has 0 saturated heterocycles. The van der Waals surface area contributed by atoms with Crippen molar-refractivity contribution in [1.82, 2.24) is 5.32 Å². The summed E-state index contributed by atoms with van der Waals surface area (Å²) in [6.07, 6.45) is 3.59. The molecule has 2 atom stereocenters. The van der Waals surface area contributed by atoms with Crippen LogP contribution in [0.3, 0.4) is 0 Å². The van der Waals surface area contributed by atoms with Gasteiger partial charge in [0.2, 0.25) is 0 Å². The lowest BCUT2D eigenvalue weighted by Crippen LogP contribution is -2.38. The van der Waals surface area contributed by atoms with Crippen LogP contribution >= 0.6 is 0 Å². The van der Waals surface area contributed by atoms with Crippen LogP contribution in [-0.4, -0.2) is 23.7 Å². The highest BCUT2D eigenvalue weighted by Crippen LogP contribution is 2.20. The van der Waals surface area contributed by atoms with Crippen molar-refractivity contribution in [2.45, 2.75) is 45.4 Å². The van der Waals surface area contributed by atoms with E-state index in [2.05, 4.69) is 5.32 Å². The number of amides is 1. The molecular formula is C18H23NO4. The fraction of sp³-hybridized carbons (Fsp3) is 0.444. The molecule has 0 heterocycles. The van der Waals surface area contributed by atoms with Crippen LogP contribution in [0.2, 0.25) is 0 Å². The van der Waals surface area contributed by atoms with Gasteiger partial charge in [0.15, 0.2) is 0 Å². The molecule has 1 unspecified atom stereocenters. The second-order valence-corrected chi connectivity index (χ2v) is 6.57. The lowest BCUT2D eigenvalue weighted by Gasteiger charge is -2.21. The summed E-state index contributed by atoms with van der Waals surface area (Å²) in [7, 11) is 0. The molecule has 0 radical (unpaired) electrons. The van der Waals surface area contributed by atoms with Gasteiger partial charge in [-0.3, -0.25) is 4.79 Å². The molecule has 1 aromatic rings. The van der Waals surface area contributed by atoms with Crippen molar-refractivity contribution in [1.29, 1.82) is 0 Å². The monoisotopic (exact) mass is 317 g/mol. The number of ether oxygens (including phenoxy) is 2. The zero-order chi connectivity index (χ0) is 16.9. The third-order valence-corrected chi connectivity index (χ3v) is 3.31. The number of carbonyl (C=O) groups is 2. The van der Waals surface area contributed by atoms with E-state index in [0.717, 1.165) is 5.56 Å². The van der Waals surface area contributed by atoms with Gasteiger partial charge in [0.25, 0.3) is 0 Å². The molecule has 0 aliphatic heterocycles. The Hall–Kier alpha value is -2.30. The summed E-state index contributed by atoms with van der Waals surface area (Å²) in [4.78, 5) is 23.8. The predicted octanol–water partition coefficient (Wildman–Crippen LogP) is 3.20. The number of nitrogens with one attached hydrogen (secondary N) is 1. The Bertz CT molecular complexity index is 574. The SMILES string of the molecule is CC(C)(C)OC(=O)NC1C=C[C@H](C(=O)OCc2ccccc2)C1. The van der Waals surface area contributed by atoms with E-state index in [-0.39, 0.29) is 24.5 Å². The van der Waals surface area contributed by atoms with Crippen molar-refractivity contribution in [2.24, 2.45) is 5.92 Å². The molecule has 0 bridgehead atoms. The highest BCUT2D eigenvalue weighted by Gasteiger charge is 2.28. The number of carbonyl (C=O) groups excluding carboxylic acids is 2. The van der Waals surface area contributed by atoms with Crippen LogP contribution in [0.1, 0.15) is 32.8 Å². The van der Waals surface area contributed by atoms with E-state index in [0.29, 0.717) is 6.42 Å². The average molecular weight is 317 g/mol. The summed E-state index contributed by atoms with van der Waals surface area (Å²) in [6, 6.07) is 9.32. The van der Waals surface area contributed by atoms with Crippen LogP contribution in [-0.2, 0) is 20.9 Å². The van der Waals surface area contributed by atoms with Crippen molar-refractivity contribution in [3.63, 3.8) is 0 Å². The van der Waals surface area contributed by atoms with Gasteiger partial charge in [0, 0.05) is 0 Å². The second-order valence-electron chi connectivity index (χ2n) is 6.57. The molecule has 23 heavy (non-hydrogen) atoms. The Balaban J connectivity index is 1.75. The largest absolute Gasteiger partial charge is 0.460 e. The first kappa shape index (κ1) is 17.1. The molecule has 124 valence electrons. The normalized spacial score (nSPS) is 20.1. The van der Waals surface area contributed by atoms with E-state index >= 15 is 0 Å². The molecule has 1 amide bonds. The molecule has 1 aliphatic carbocycles. The summed E-state index contributed by atoms with van der Waals surface area (Å²) in [5.74, 6) is -0.614. The van der Waals surface area contributed by atoms with E-state index in [4.69, 9.17) is 9.47 Å². The van der Waals surface area contributed by atoms with Gasteiger partial charge in [-0.2, -0.15) is 0 Å². The van der Waals surface area contributed by atoms with Crippen LogP contribution in [0.5, 0.6) is 0 Å². The van der Waals surface area contributed by atoms with Gasteiger partial charge in [-0.05, 0) is 32.8 Å². The van der Waals surface area contributed by atoms with Gasteiger partial charge >= 0.3 is 12.1 Å². The minimum atomic E-state index is -0.541. The smallest absolute Gasteiger partial charge is 0.408 e. The summed E-state index contributed by atoms with van der Waals surface area (Å²) in [5, 5.41) is 2.74. The van der Waals surface area contributed by atoms with Crippen molar-refractivity contribution in [3.8, 4) is 0 Å². The lowest BCUT2D eigenvalue weighted by atomic mass is 10.1. The average Bonchev–Trinajstić information content (AvgIpc) is 2.92. The highest BCUT2D eigenvalue weighted by atomic mass is 16.6. The molecule has 1 aromatic carbocycles. The van der Waals surface area contributed by atoms with Crippen molar-refractivity contribution in [2.75, 3.05) is 0 Å². The molecular weight excluding hydrogens is 294 g/mol. The standard InChI is InChI=1S/C18H23NO4/c1-18(2,3)23-17(21)19-15-10-9-14(11-15)16(20)22-12-13-7-5-4-6-8-13/h4-10,14-15H,11-12H2,1-3H3,(H,19,21)/t14-,15?/m0/s1. The third kappa shape index (κ3) is 5.77. The van der Waals surface area contributed by atoms with E-state index < -0.39 is 11.7 Å². The van der Waals surface area contributed by atoms with E-state index in [1.807, 2.05) is 30.3 Å². The number of rotatable bonds is 4. The molecule has 0 saturated carbocycles. The first-order valence-electron chi connectivity index (χ1n) is 7.72. The van der Waals surface area contributed by atoms with E-state index in [9.17, 15) is 9.59 Å². The maximum Gasteiger partial charge on any atom is 0.408 e. The summed E-state index contributed by atoms with van der Waals surface area (Å²) >= 11 is 0. The minimum Gasteiger partial charge on any atom is -0.460 e. The first-order valence-corrected chi connectivity index (χ1v) is 7.72. The van der Waals surface area contributed by atoms with Crippen LogP contribution in [0.4, 0.5) is 4.79 Å². The van der Waals surface area contributed by atoms with Crippen LogP contribution in [0.15, 0.2) is 42.5 Å². The van der Waals surface area contributed by atoms with Gasteiger partial charge < -0.3 is 14.8 Å². The number of hydrogen-bond acceptors (Lipinski definition) is 4. The number of alkyl carbamates (subject to hydrolysis) is 1. The van der Waals surface area contributed by atoms with Crippen molar-refractivity contribution >= 4 is 12.1 Å². The molecule has 1 N–H and O–H groups in total. The fourth-order valence-electron chi connectivity index (χ4n) is 2.28. The molecule has 5 nitrogen and oxygen atoms in total. The number of esters is 1. The number of benzene rings is 1. The maximum atomic E-state index is 12.1. The molecule has 5 heteroatoms. The fourth-order valence-corrected chi connectivity index (χ4v) is 2.28. The van der Waals surface area contributed by atoms with Crippen molar-refractivity contribution < 1.29 is 19.1 Å². The topological polar surface area (TPSA) is 64.6 Å². The van der Waals surface area contributed by atoms with Crippen molar-refractivity contribution in [3.05, 3.63) is 48.0 Å². The van der Waals surface area contributed by atoms with Gasteiger partial charge in [-0.15, -0.1) is 0 Å². The van der Waals surface area contributed by atoms with E-state index in [1.165, 1.54) is 0 Å². The lowest BCUT2D eigenvalue weighted by molar-refractivity contribution is -0.148. The Morgan fingerprint density at radius 1 is 1.17 bits per heavy atom. The van der Waals surface area contributed by atoms with Gasteiger partial charge in [0.05, 0.1) is 12.0 Å². The van der Waals surface area contributed by atoms with Crippen LogP contribution in [0, 0.1) is 5.92 Å². The molecule has 0 spiro atoms. The Morgan fingerprint density at radius 2 is 1.87 bits per heavy atom. The van der Waals surface area contributed by atoms with Gasteiger partial charge in [0.1, 0.15) is 12.2 Å². The summed E-state index contributed by atoms with van der Waals surface area (Å²) < 4.78 is 10.5. The molecule has 2 rings (SSSR count). The van der Waals surface area contributed by atoms with Crippen LogP contribution < -0.4 is 5.32 Å². The Kier molecular flexibility index (Phi) is 5.42. The highest BCUT2D eigenvalue weighted by molar-refractivity contribution is 5.76. The summed E-state index contributed by atoms with van der Waals surface area (Å²) in [6.45, 7) is 5.68. The maximum absolute atomic E-state index is 12.1. The third-order valence-electron chi connectivity index (χ3n) is 3.31. The zero-order valence-corrected chi connectivity index (χ0v) is 13.7.